The number of hydrogen-bond acceptors (Lipinski definition) is 5. The standard InChI is InChI=1S/C26H31N3O3/c1-4-14-29-25(30)23(20-10-12-22(13-11-20)32-19(2)3)24(26(29)31)28-17-15-27(16-18-28)21-8-6-5-7-9-21/h5-13,19H,4,14-18H2,1-3H3. The number of anilines is 1. The maximum atomic E-state index is 13.3. The van der Waals surface area contributed by atoms with Crippen LogP contribution in [0.5, 0.6) is 5.75 Å². The Bertz CT molecular complexity index is 991. The van der Waals surface area contributed by atoms with Crippen molar-refractivity contribution < 1.29 is 14.3 Å². The number of benzene rings is 2. The highest BCUT2D eigenvalue weighted by atomic mass is 16.5. The van der Waals surface area contributed by atoms with Gasteiger partial charge in [0.25, 0.3) is 11.8 Å². The molecule has 6 heteroatoms. The molecular weight excluding hydrogens is 402 g/mol. The minimum absolute atomic E-state index is 0.0753. The van der Waals surface area contributed by atoms with E-state index in [1.165, 1.54) is 10.6 Å². The number of carbonyl (C=O) groups is 2. The number of piperazine rings is 1. The topological polar surface area (TPSA) is 53.1 Å². The zero-order valence-corrected chi connectivity index (χ0v) is 19.1. The molecule has 1 fully saturated rings. The Morgan fingerprint density at radius 1 is 0.844 bits per heavy atom. The molecule has 2 amide bonds. The molecule has 0 N–H and O–H groups in total. The Labute approximate surface area is 190 Å². The molecular formula is C26H31N3O3. The molecule has 0 aromatic heterocycles. The molecule has 4 rings (SSSR count). The van der Waals surface area contributed by atoms with Gasteiger partial charge in [-0.1, -0.05) is 37.3 Å². The average molecular weight is 434 g/mol. The highest BCUT2D eigenvalue weighted by Gasteiger charge is 2.41. The van der Waals surface area contributed by atoms with Crippen LogP contribution in [0.15, 0.2) is 60.3 Å². The maximum Gasteiger partial charge on any atom is 0.277 e. The summed E-state index contributed by atoms with van der Waals surface area (Å²) in [5.74, 6) is 0.377. The van der Waals surface area contributed by atoms with Crippen LogP contribution in [0.4, 0.5) is 5.69 Å². The second-order valence-corrected chi connectivity index (χ2v) is 8.49. The number of ether oxygens (including phenoxy) is 1. The van der Waals surface area contributed by atoms with E-state index in [-0.39, 0.29) is 17.9 Å². The monoisotopic (exact) mass is 433 g/mol. The molecule has 32 heavy (non-hydrogen) atoms. The van der Waals surface area contributed by atoms with E-state index in [1.54, 1.807) is 0 Å². The minimum atomic E-state index is -0.199. The molecule has 2 aromatic rings. The Hall–Kier alpha value is -3.28. The third-order valence-electron chi connectivity index (χ3n) is 5.82. The number of carbonyl (C=O) groups excluding carboxylic acids is 2. The first kappa shape index (κ1) is 21.9. The van der Waals surface area contributed by atoms with Gasteiger partial charge in [-0.15, -0.1) is 0 Å². The van der Waals surface area contributed by atoms with Crippen molar-refractivity contribution in [3.63, 3.8) is 0 Å². The van der Waals surface area contributed by atoms with Gasteiger partial charge in [0.2, 0.25) is 0 Å². The molecule has 0 spiro atoms. The van der Waals surface area contributed by atoms with Gasteiger partial charge in [-0.3, -0.25) is 14.5 Å². The van der Waals surface area contributed by atoms with E-state index in [1.807, 2.05) is 63.2 Å². The summed E-state index contributed by atoms with van der Waals surface area (Å²) in [5, 5.41) is 0. The fourth-order valence-electron chi connectivity index (χ4n) is 4.34. The SMILES string of the molecule is CCCN1C(=O)C(c2ccc(OC(C)C)cc2)=C(N2CCN(c3ccccc3)CC2)C1=O. The molecule has 2 aromatic carbocycles. The summed E-state index contributed by atoms with van der Waals surface area (Å²) in [4.78, 5) is 32.4. The lowest BCUT2D eigenvalue weighted by molar-refractivity contribution is -0.137. The summed E-state index contributed by atoms with van der Waals surface area (Å²) in [5.41, 5.74) is 2.99. The zero-order valence-electron chi connectivity index (χ0n) is 19.1. The van der Waals surface area contributed by atoms with Crippen molar-refractivity contribution in [1.29, 1.82) is 0 Å². The molecule has 2 aliphatic heterocycles. The van der Waals surface area contributed by atoms with E-state index in [9.17, 15) is 9.59 Å². The first-order chi connectivity index (χ1) is 15.5. The van der Waals surface area contributed by atoms with Crippen molar-refractivity contribution >= 4 is 23.1 Å². The third-order valence-corrected chi connectivity index (χ3v) is 5.82. The normalized spacial score (nSPS) is 17.1. The second-order valence-electron chi connectivity index (χ2n) is 8.49. The van der Waals surface area contributed by atoms with Crippen LogP contribution in [-0.4, -0.2) is 60.4 Å². The number of para-hydroxylation sites is 1. The lowest BCUT2D eigenvalue weighted by atomic mass is 10.0. The predicted molar refractivity (Wildman–Crippen MR) is 126 cm³/mol. The largest absolute Gasteiger partial charge is 0.491 e. The molecule has 0 unspecified atom stereocenters. The van der Waals surface area contributed by atoms with E-state index < -0.39 is 0 Å². The highest BCUT2D eigenvalue weighted by Crippen LogP contribution is 2.33. The molecule has 0 bridgehead atoms. The number of rotatable bonds is 7. The number of imide groups is 1. The van der Waals surface area contributed by atoms with Crippen molar-refractivity contribution in [2.24, 2.45) is 0 Å². The Balaban J connectivity index is 1.62. The number of nitrogens with zero attached hydrogens (tertiary/aromatic N) is 3. The van der Waals surface area contributed by atoms with E-state index in [0.29, 0.717) is 30.9 Å². The van der Waals surface area contributed by atoms with Crippen LogP contribution in [0.1, 0.15) is 32.8 Å². The van der Waals surface area contributed by atoms with Crippen LogP contribution in [0.2, 0.25) is 0 Å². The van der Waals surface area contributed by atoms with Gasteiger partial charge in [-0.05, 0) is 50.1 Å². The molecule has 0 saturated carbocycles. The summed E-state index contributed by atoms with van der Waals surface area (Å²) in [6, 6.07) is 17.8. The van der Waals surface area contributed by atoms with E-state index in [0.717, 1.165) is 30.8 Å². The summed E-state index contributed by atoms with van der Waals surface area (Å²) in [7, 11) is 0. The molecule has 2 aliphatic rings. The smallest absolute Gasteiger partial charge is 0.277 e. The van der Waals surface area contributed by atoms with Crippen LogP contribution in [-0.2, 0) is 9.59 Å². The van der Waals surface area contributed by atoms with E-state index in [4.69, 9.17) is 4.74 Å². The van der Waals surface area contributed by atoms with Crippen molar-refractivity contribution in [3.8, 4) is 5.75 Å². The molecule has 2 heterocycles. The highest BCUT2D eigenvalue weighted by molar-refractivity contribution is 6.35. The second kappa shape index (κ2) is 9.47. The van der Waals surface area contributed by atoms with Gasteiger partial charge in [0.15, 0.2) is 0 Å². The van der Waals surface area contributed by atoms with Gasteiger partial charge in [0, 0.05) is 38.4 Å². The van der Waals surface area contributed by atoms with Crippen LogP contribution < -0.4 is 9.64 Å². The van der Waals surface area contributed by atoms with Gasteiger partial charge in [0.05, 0.1) is 11.7 Å². The molecule has 0 radical (unpaired) electrons. The lowest BCUT2D eigenvalue weighted by Gasteiger charge is -2.37. The number of amides is 2. The van der Waals surface area contributed by atoms with Gasteiger partial charge < -0.3 is 14.5 Å². The summed E-state index contributed by atoms with van der Waals surface area (Å²) in [6.45, 7) is 9.37. The fraction of sp³-hybridized carbons (Fsp3) is 0.385. The quantitative estimate of drug-likeness (QED) is 0.622. The molecule has 6 nitrogen and oxygen atoms in total. The van der Waals surface area contributed by atoms with Gasteiger partial charge in [-0.25, -0.2) is 0 Å². The predicted octanol–water partition coefficient (Wildman–Crippen LogP) is 3.79. The Kier molecular flexibility index (Phi) is 6.49. The first-order valence-corrected chi connectivity index (χ1v) is 11.4. The van der Waals surface area contributed by atoms with Gasteiger partial charge >= 0.3 is 0 Å². The average Bonchev–Trinajstić information content (AvgIpc) is 3.05. The Morgan fingerprint density at radius 2 is 1.47 bits per heavy atom. The minimum Gasteiger partial charge on any atom is -0.491 e. The molecule has 0 aliphatic carbocycles. The van der Waals surface area contributed by atoms with Crippen LogP contribution >= 0.6 is 0 Å². The van der Waals surface area contributed by atoms with Crippen molar-refractivity contribution in [1.82, 2.24) is 9.80 Å². The summed E-state index contributed by atoms with van der Waals surface area (Å²) in [6.07, 6.45) is 0.812. The third kappa shape index (κ3) is 4.35. The number of hydrogen-bond donors (Lipinski definition) is 0. The van der Waals surface area contributed by atoms with Gasteiger partial charge in [-0.2, -0.15) is 0 Å². The lowest BCUT2D eigenvalue weighted by Crippen LogP contribution is -2.47. The Morgan fingerprint density at radius 3 is 2.06 bits per heavy atom. The summed E-state index contributed by atoms with van der Waals surface area (Å²) >= 11 is 0. The van der Waals surface area contributed by atoms with Crippen molar-refractivity contribution in [3.05, 3.63) is 65.9 Å². The zero-order chi connectivity index (χ0) is 22.7. The van der Waals surface area contributed by atoms with E-state index in [2.05, 4.69) is 21.9 Å². The van der Waals surface area contributed by atoms with Crippen LogP contribution in [0.25, 0.3) is 5.57 Å². The molecule has 1 saturated heterocycles. The maximum absolute atomic E-state index is 13.3. The fourth-order valence-corrected chi connectivity index (χ4v) is 4.34. The molecule has 0 atom stereocenters. The van der Waals surface area contributed by atoms with Crippen LogP contribution in [0.3, 0.4) is 0 Å². The molecule has 168 valence electrons. The van der Waals surface area contributed by atoms with Crippen molar-refractivity contribution in [2.75, 3.05) is 37.6 Å². The van der Waals surface area contributed by atoms with E-state index >= 15 is 0 Å². The summed E-state index contributed by atoms with van der Waals surface area (Å²) < 4.78 is 5.74. The van der Waals surface area contributed by atoms with Crippen LogP contribution in [0, 0.1) is 0 Å². The van der Waals surface area contributed by atoms with Crippen molar-refractivity contribution in [2.45, 2.75) is 33.3 Å². The first-order valence-electron chi connectivity index (χ1n) is 11.4. The van der Waals surface area contributed by atoms with Gasteiger partial charge in [0.1, 0.15) is 11.4 Å².